The molecule has 0 amide bonds. The lowest BCUT2D eigenvalue weighted by Gasteiger charge is -2.65. The highest BCUT2D eigenvalue weighted by atomic mass is 16.6. The van der Waals surface area contributed by atoms with E-state index in [1.807, 2.05) is 20.8 Å². The smallest absolute Gasteiger partial charge is 0.335 e. The standard InChI is InChI=1S/C32H40O10/c1-8-15(2)27(36)41-25-20-23(35)31(6,22(29(25,3)4)21(34)28(37)38-7)17-9-11-30(5)18(32(17)26(20)42-32)13-19(33)40-24(30)16-10-12-39-14-16/h8,10,12,14,17-18,20-22,24-26,34H,9,11,13H2,1-7H3/b15-8+/t17-,18?,20?,21-,22+,24+,25-,26?,30-,31-,32-/m1/s1. The van der Waals surface area contributed by atoms with Gasteiger partial charge >= 0.3 is 17.9 Å². The van der Waals surface area contributed by atoms with Crippen LogP contribution >= 0.6 is 0 Å². The third kappa shape index (κ3) is 3.51. The van der Waals surface area contributed by atoms with Gasteiger partial charge in [0.2, 0.25) is 0 Å². The number of ether oxygens (including phenoxy) is 4. The molecule has 2 saturated heterocycles. The molecule has 6 rings (SSSR count). The number of cyclic esters (lactones) is 1. The number of fused-ring (bicyclic) bond motifs is 5. The summed E-state index contributed by atoms with van der Waals surface area (Å²) in [4.78, 5) is 53.9. The van der Waals surface area contributed by atoms with Crippen molar-refractivity contribution in [3.8, 4) is 0 Å². The van der Waals surface area contributed by atoms with Gasteiger partial charge in [-0.1, -0.05) is 33.8 Å². The summed E-state index contributed by atoms with van der Waals surface area (Å²) in [6.07, 6.45) is 2.23. The molecule has 3 unspecified atom stereocenters. The van der Waals surface area contributed by atoms with Gasteiger partial charge in [-0.15, -0.1) is 0 Å². The summed E-state index contributed by atoms with van der Waals surface area (Å²) in [6.45, 7) is 10.9. The number of rotatable bonds is 5. The minimum Gasteiger partial charge on any atom is -0.472 e. The third-order valence-corrected chi connectivity index (χ3v) is 11.8. The average Bonchev–Trinajstić information content (AvgIpc) is 3.40. The molecule has 3 aliphatic carbocycles. The van der Waals surface area contributed by atoms with Crippen molar-refractivity contribution in [2.75, 3.05) is 7.11 Å². The number of epoxide rings is 1. The molecular formula is C32H40O10. The monoisotopic (exact) mass is 584 g/mol. The fourth-order valence-corrected chi connectivity index (χ4v) is 9.83. The number of aliphatic hydroxyl groups excluding tert-OH is 1. The molecule has 0 radical (unpaired) electrons. The summed E-state index contributed by atoms with van der Waals surface area (Å²) >= 11 is 0. The predicted molar refractivity (Wildman–Crippen MR) is 145 cm³/mol. The Bertz CT molecular complexity index is 1360. The largest absolute Gasteiger partial charge is 0.472 e. The van der Waals surface area contributed by atoms with E-state index in [-0.39, 0.29) is 24.1 Å². The molecular weight excluding hydrogens is 544 g/mol. The van der Waals surface area contributed by atoms with E-state index in [1.54, 1.807) is 38.5 Å². The van der Waals surface area contributed by atoms with Crippen LogP contribution in [0.25, 0.3) is 0 Å². The maximum atomic E-state index is 14.7. The number of hydrogen-bond donors (Lipinski definition) is 1. The molecule has 5 aliphatic rings. The molecule has 0 aromatic carbocycles. The molecule has 3 heterocycles. The number of carbonyl (C=O) groups is 4. The molecule has 42 heavy (non-hydrogen) atoms. The second-order valence-corrected chi connectivity index (χ2v) is 13.9. The van der Waals surface area contributed by atoms with Gasteiger partial charge in [-0.3, -0.25) is 9.59 Å². The highest BCUT2D eigenvalue weighted by molar-refractivity contribution is 5.94. The Labute approximate surface area is 245 Å². The summed E-state index contributed by atoms with van der Waals surface area (Å²) in [5.74, 6) is -4.51. The maximum absolute atomic E-state index is 14.7. The van der Waals surface area contributed by atoms with Gasteiger partial charge in [0, 0.05) is 45.1 Å². The van der Waals surface area contributed by atoms with E-state index >= 15 is 0 Å². The highest BCUT2D eigenvalue weighted by Gasteiger charge is 2.86. The zero-order chi connectivity index (χ0) is 30.6. The van der Waals surface area contributed by atoms with Gasteiger partial charge in [0.1, 0.15) is 29.7 Å². The first-order valence-corrected chi connectivity index (χ1v) is 14.7. The van der Waals surface area contributed by atoms with E-state index in [4.69, 9.17) is 23.4 Å². The Morgan fingerprint density at radius 3 is 2.50 bits per heavy atom. The van der Waals surface area contributed by atoms with Gasteiger partial charge in [-0.2, -0.15) is 0 Å². The molecule has 1 spiro atoms. The second-order valence-electron chi connectivity index (χ2n) is 13.9. The fraction of sp³-hybridized carbons (Fsp3) is 0.688. The van der Waals surface area contributed by atoms with E-state index in [0.29, 0.717) is 18.4 Å². The van der Waals surface area contributed by atoms with Crippen molar-refractivity contribution < 1.29 is 47.6 Å². The first-order valence-electron chi connectivity index (χ1n) is 14.7. The molecule has 11 atom stereocenters. The number of furan rings is 1. The van der Waals surface area contributed by atoms with Gasteiger partial charge in [-0.25, -0.2) is 9.59 Å². The summed E-state index contributed by atoms with van der Waals surface area (Å²) in [5, 5.41) is 11.6. The van der Waals surface area contributed by atoms with Crippen molar-refractivity contribution >= 4 is 23.7 Å². The minimum absolute atomic E-state index is 0.102. The number of ketones is 1. The summed E-state index contributed by atoms with van der Waals surface area (Å²) in [6, 6.07) is 1.80. The number of Topliss-reactive ketones (excluding diaryl/α,β-unsaturated/α-hetero) is 1. The molecule has 3 saturated carbocycles. The predicted octanol–water partition coefficient (Wildman–Crippen LogP) is 3.71. The lowest BCUT2D eigenvalue weighted by molar-refractivity contribution is -0.231. The molecule has 1 aromatic heterocycles. The first kappa shape index (κ1) is 29.1. The van der Waals surface area contributed by atoms with E-state index in [1.165, 1.54) is 7.11 Å². The van der Waals surface area contributed by atoms with Gasteiger partial charge < -0.3 is 28.5 Å². The van der Waals surface area contributed by atoms with Crippen LogP contribution in [0.4, 0.5) is 0 Å². The van der Waals surface area contributed by atoms with Crippen LogP contribution in [0.2, 0.25) is 0 Å². The highest BCUT2D eigenvalue weighted by Crippen LogP contribution is 2.77. The van der Waals surface area contributed by atoms with Crippen molar-refractivity contribution in [1.29, 1.82) is 0 Å². The number of hydrogen-bond acceptors (Lipinski definition) is 10. The van der Waals surface area contributed by atoms with E-state index < -0.39 is 76.0 Å². The third-order valence-electron chi connectivity index (χ3n) is 11.8. The van der Waals surface area contributed by atoms with E-state index in [2.05, 4.69) is 6.92 Å². The number of methoxy groups -OCH3 is 1. The molecule has 1 aromatic rings. The minimum atomic E-state index is -1.65. The zero-order valence-corrected chi connectivity index (χ0v) is 25.2. The Kier molecular flexibility index (Phi) is 6.42. The first-order chi connectivity index (χ1) is 19.7. The molecule has 228 valence electrons. The van der Waals surface area contributed by atoms with Gasteiger partial charge in [-0.05, 0) is 32.8 Å². The van der Waals surface area contributed by atoms with Crippen molar-refractivity contribution in [3.05, 3.63) is 35.8 Å². The van der Waals surface area contributed by atoms with Crippen LogP contribution in [0.15, 0.2) is 34.7 Å². The molecule has 10 nitrogen and oxygen atoms in total. The quantitative estimate of drug-likeness (QED) is 0.236. The van der Waals surface area contributed by atoms with Crippen LogP contribution in [-0.2, 0) is 38.1 Å². The van der Waals surface area contributed by atoms with Crippen molar-refractivity contribution in [1.82, 2.24) is 0 Å². The van der Waals surface area contributed by atoms with Crippen LogP contribution in [0.3, 0.4) is 0 Å². The Hall–Kier alpha value is -2.98. The molecule has 2 aliphatic heterocycles. The number of esters is 3. The van der Waals surface area contributed by atoms with E-state index in [0.717, 1.165) is 5.56 Å². The van der Waals surface area contributed by atoms with Crippen molar-refractivity contribution in [3.63, 3.8) is 0 Å². The molecule has 5 fully saturated rings. The van der Waals surface area contributed by atoms with Crippen molar-refractivity contribution in [2.24, 2.45) is 39.9 Å². The Morgan fingerprint density at radius 2 is 1.88 bits per heavy atom. The lowest BCUT2D eigenvalue weighted by atomic mass is 9.37. The Balaban J connectivity index is 1.52. The SMILES string of the molecule is C/C=C(\C)C(=O)O[C@@H]1C2C(=O)[C@@](C)([C@@H]([C@@H](O)C(=O)OC)C1(C)C)[C@H]1CC[C@]3(C)C(CC(=O)O[C@H]3c3ccoc3)[C@]13OC23. The molecule has 1 N–H and O–H groups in total. The molecule has 2 bridgehead atoms. The summed E-state index contributed by atoms with van der Waals surface area (Å²) in [7, 11) is 1.19. The van der Waals surface area contributed by atoms with Crippen LogP contribution in [0.1, 0.15) is 72.5 Å². The van der Waals surface area contributed by atoms with Crippen LogP contribution in [-0.4, -0.2) is 59.8 Å². The molecule has 10 heteroatoms. The average molecular weight is 585 g/mol. The van der Waals surface area contributed by atoms with Crippen LogP contribution in [0, 0.1) is 39.9 Å². The van der Waals surface area contributed by atoms with Crippen LogP contribution in [0.5, 0.6) is 0 Å². The number of carbonyl (C=O) groups excluding carboxylic acids is 4. The normalized spacial score (nSPS) is 44.1. The maximum Gasteiger partial charge on any atom is 0.335 e. The summed E-state index contributed by atoms with van der Waals surface area (Å²) < 4.78 is 29.1. The zero-order valence-electron chi connectivity index (χ0n) is 25.2. The number of aliphatic hydroxyl groups is 1. The summed E-state index contributed by atoms with van der Waals surface area (Å²) in [5.41, 5.74) is -2.56. The van der Waals surface area contributed by atoms with Crippen LogP contribution < -0.4 is 0 Å². The number of allylic oxidation sites excluding steroid dienone is 1. The fourth-order valence-electron chi connectivity index (χ4n) is 9.83. The van der Waals surface area contributed by atoms with Gasteiger partial charge in [0.05, 0.1) is 32.0 Å². The van der Waals surface area contributed by atoms with E-state index in [9.17, 15) is 24.3 Å². The second kappa shape index (κ2) is 9.26. The Morgan fingerprint density at radius 1 is 1.17 bits per heavy atom. The van der Waals surface area contributed by atoms with Gasteiger partial charge in [0.15, 0.2) is 6.10 Å². The lowest BCUT2D eigenvalue weighted by Crippen LogP contribution is -2.74. The topological polar surface area (TPSA) is 142 Å². The van der Waals surface area contributed by atoms with Gasteiger partial charge in [0.25, 0.3) is 0 Å². The van der Waals surface area contributed by atoms with Crippen molar-refractivity contribution in [2.45, 2.75) is 90.8 Å².